The summed E-state index contributed by atoms with van der Waals surface area (Å²) in [6, 6.07) is 5.48. The van der Waals surface area contributed by atoms with Gasteiger partial charge >= 0.3 is 12.1 Å². The lowest BCUT2D eigenvalue weighted by Crippen LogP contribution is -2.39. The highest BCUT2D eigenvalue weighted by Crippen LogP contribution is 2.30. The lowest BCUT2D eigenvalue weighted by Gasteiger charge is -2.33. The van der Waals surface area contributed by atoms with E-state index >= 15 is 0 Å². The first kappa shape index (κ1) is 20.4. The highest BCUT2D eigenvalue weighted by molar-refractivity contribution is 5.89. The van der Waals surface area contributed by atoms with E-state index in [0.717, 1.165) is 30.3 Å². The number of carbonyl (C=O) groups is 1. The Hall–Kier alpha value is -2.35. The SMILES string of the molecule is CCOC(=O)c1nn(C)c2c1CN(C(C)Cc1cccc(C(F)(F)F)c1)CC2. The van der Waals surface area contributed by atoms with Crippen molar-refractivity contribution in [3.8, 4) is 0 Å². The van der Waals surface area contributed by atoms with Gasteiger partial charge in [0.2, 0.25) is 0 Å². The maximum absolute atomic E-state index is 12.9. The molecule has 0 saturated carbocycles. The number of nitrogens with zero attached hydrogens (tertiary/aromatic N) is 3. The summed E-state index contributed by atoms with van der Waals surface area (Å²) in [5, 5.41) is 4.32. The lowest BCUT2D eigenvalue weighted by atomic mass is 9.99. The van der Waals surface area contributed by atoms with Crippen LogP contribution in [0.25, 0.3) is 0 Å². The Morgan fingerprint density at radius 3 is 2.79 bits per heavy atom. The van der Waals surface area contributed by atoms with Gasteiger partial charge in [-0.1, -0.05) is 18.2 Å². The second-order valence-corrected chi connectivity index (χ2v) is 7.09. The van der Waals surface area contributed by atoms with E-state index in [2.05, 4.69) is 10.00 Å². The molecule has 0 fully saturated rings. The number of esters is 1. The standard InChI is InChI=1S/C20H24F3N3O2/c1-4-28-19(27)18-16-12-26(9-8-17(16)25(3)24-18)13(2)10-14-6-5-7-15(11-14)20(21,22)23/h5-7,11,13H,4,8-10,12H2,1-3H3. The monoisotopic (exact) mass is 395 g/mol. The zero-order valence-corrected chi connectivity index (χ0v) is 16.2. The summed E-state index contributed by atoms with van der Waals surface area (Å²) in [4.78, 5) is 14.4. The van der Waals surface area contributed by atoms with E-state index in [1.54, 1.807) is 17.7 Å². The number of aromatic nitrogens is 2. The van der Waals surface area contributed by atoms with E-state index < -0.39 is 17.7 Å². The molecule has 0 amide bonds. The summed E-state index contributed by atoms with van der Waals surface area (Å²) in [6.07, 6.45) is -3.12. The Labute approximate surface area is 162 Å². The van der Waals surface area contributed by atoms with Crippen LogP contribution in [0.5, 0.6) is 0 Å². The summed E-state index contributed by atoms with van der Waals surface area (Å²) in [7, 11) is 1.81. The van der Waals surface area contributed by atoms with Crippen LogP contribution in [-0.4, -0.2) is 39.8 Å². The zero-order chi connectivity index (χ0) is 20.5. The van der Waals surface area contributed by atoms with Gasteiger partial charge in [-0.15, -0.1) is 0 Å². The van der Waals surface area contributed by atoms with Crippen molar-refractivity contribution < 1.29 is 22.7 Å². The van der Waals surface area contributed by atoms with Crippen molar-refractivity contribution in [2.45, 2.75) is 45.5 Å². The maximum Gasteiger partial charge on any atom is 0.416 e. The van der Waals surface area contributed by atoms with Crippen LogP contribution < -0.4 is 0 Å². The van der Waals surface area contributed by atoms with Gasteiger partial charge in [0.25, 0.3) is 0 Å². The molecule has 5 nitrogen and oxygen atoms in total. The van der Waals surface area contributed by atoms with Crippen molar-refractivity contribution in [3.63, 3.8) is 0 Å². The van der Waals surface area contributed by atoms with E-state index in [-0.39, 0.29) is 12.6 Å². The zero-order valence-electron chi connectivity index (χ0n) is 16.2. The fourth-order valence-electron chi connectivity index (χ4n) is 3.70. The first-order valence-corrected chi connectivity index (χ1v) is 9.32. The van der Waals surface area contributed by atoms with Crippen LogP contribution in [0, 0.1) is 0 Å². The van der Waals surface area contributed by atoms with Gasteiger partial charge in [-0.2, -0.15) is 18.3 Å². The number of rotatable bonds is 5. The molecule has 1 aromatic heterocycles. The number of aryl methyl sites for hydroxylation is 1. The molecule has 1 unspecified atom stereocenters. The van der Waals surface area contributed by atoms with Gasteiger partial charge in [-0.05, 0) is 31.9 Å². The average molecular weight is 395 g/mol. The minimum Gasteiger partial charge on any atom is -0.461 e. The van der Waals surface area contributed by atoms with E-state index in [4.69, 9.17) is 4.74 Å². The van der Waals surface area contributed by atoms with Crippen molar-refractivity contribution in [1.82, 2.24) is 14.7 Å². The first-order valence-electron chi connectivity index (χ1n) is 9.32. The molecule has 0 spiro atoms. The van der Waals surface area contributed by atoms with Crippen molar-refractivity contribution >= 4 is 5.97 Å². The van der Waals surface area contributed by atoms with Crippen LogP contribution in [0.4, 0.5) is 13.2 Å². The van der Waals surface area contributed by atoms with Gasteiger partial charge in [-0.3, -0.25) is 9.58 Å². The highest BCUT2D eigenvalue weighted by Gasteiger charge is 2.32. The maximum atomic E-state index is 12.9. The van der Waals surface area contributed by atoms with Gasteiger partial charge < -0.3 is 4.74 Å². The van der Waals surface area contributed by atoms with Crippen molar-refractivity contribution in [2.75, 3.05) is 13.2 Å². The fraction of sp³-hybridized carbons (Fsp3) is 0.500. The molecular weight excluding hydrogens is 371 g/mol. The number of halogens is 3. The summed E-state index contributed by atoms with van der Waals surface area (Å²) < 4.78 is 45.7. The van der Waals surface area contributed by atoms with E-state index in [1.165, 1.54) is 12.1 Å². The molecule has 8 heteroatoms. The Morgan fingerprint density at radius 2 is 2.11 bits per heavy atom. The van der Waals surface area contributed by atoms with Crippen LogP contribution in [0.2, 0.25) is 0 Å². The molecule has 0 radical (unpaired) electrons. The van der Waals surface area contributed by atoms with E-state index in [9.17, 15) is 18.0 Å². The molecule has 1 aromatic carbocycles. The van der Waals surface area contributed by atoms with Gasteiger partial charge in [0.15, 0.2) is 5.69 Å². The molecule has 1 aliphatic heterocycles. The topological polar surface area (TPSA) is 47.4 Å². The van der Waals surface area contributed by atoms with Gasteiger partial charge in [0.1, 0.15) is 0 Å². The number of carbonyl (C=O) groups excluding carboxylic acids is 1. The third-order valence-corrected chi connectivity index (χ3v) is 5.15. The summed E-state index contributed by atoms with van der Waals surface area (Å²) in [5.74, 6) is -0.438. The Kier molecular flexibility index (Phi) is 5.79. The molecular formula is C20H24F3N3O2. The number of hydrogen-bond acceptors (Lipinski definition) is 4. The molecule has 1 aliphatic rings. The minimum absolute atomic E-state index is 0.0203. The minimum atomic E-state index is -4.34. The molecule has 2 heterocycles. The van der Waals surface area contributed by atoms with E-state index in [1.807, 2.05) is 14.0 Å². The summed E-state index contributed by atoms with van der Waals surface area (Å²) in [5.41, 5.74) is 2.20. The third-order valence-electron chi connectivity index (χ3n) is 5.15. The van der Waals surface area contributed by atoms with Crippen LogP contribution in [-0.2, 0) is 37.3 Å². The normalized spacial score (nSPS) is 15.9. The van der Waals surface area contributed by atoms with Crippen molar-refractivity contribution in [3.05, 3.63) is 52.3 Å². The third kappa shape index (κ3) is 4.22. The molecule has 2 aromatic rings. The number of ether oxygens (including phenoxy) is 1. The van der Waals surface area contributed by atoms with E-state index in [0.29, 0.717) is 24.2 Å². The molecule has 0 bridgehead atoms. The second kappa shape index (κ2) is 7.95. The molecule has 0 aliphatic carbocycles. The van der Waals surface area contributed by atoms with Gasteiger partial charge in [0, 0.05) is 43.9 Å². The van der Waals surface area contributed by atoms with Crippen LogP contribution >= 0.6 is 0 Å². The van der Waals surface area contributed by atoms with Crippen LogP contribution in [0.15, 0.2) is 24.3 Å². The molecule has 28 heavy (non-hydrogen) atoms. The lowest BCUT2D eigenvalue weighted by molar-refractivity contribution is -0.137. The summed E-state index contributed by atoms with van der Waals surface area (Å²) >= 11 is 0. The average Bonchev–Trinajstić information content (AvgIpc) is 2.98. The molecule has 152 valence electrons. The fourth-order valence-corrected chi connectivity index (χ4v) is 3.70. The molecule has 0 saturated heterocycles. The highest BCUT2D eigenvalue weighted by atomic mass is 19.4. The Balaban J connectivity index is 1.76. The molecule has 3 rings (SSSR count). The quantitative estimate of drug-likeness (QED) is 0.726. The number of fused-ring (bicyclic) bond motifs is 1. The Bertz CT molecular complexity index is 861. The van der Waals surface area contributed by atoms with Gasteiger partial charge in [0.05, 0.1) is 12.2 Å². The van der Waals surface area contributed by atoms with Crippen molar-refractivity contribution in [2.24, 2.45) is 7.05 Å². The molecule has 1 atom stereocenters. The predicted molar refractivity (Wildman–Crippen MR) is 97.9 cm³/mol. The number of hydrogen-bond donors (Lipinski definition) is 0. The Morgan fingerprint density at radius 1 is 1.36 bits per heavy atom. The largest absolute Gasteiger partial charge is 0.461 e. The number of benzene rings is 1. The smallest absolute Gasteiger partial charge is 0.416 e. The molecule has 0 N–H and O–H groups in total. The summed E-state index contributed by atoms with van der Waals surface area (Å²) in [6.45, 7) is 5.30. The van der Waals surface area contributed by atoms with Crippen molar-refractivity contribution in [1.29, 1.82) is 0 Å². The number of alkyl halides is 3. The predicted octanol–water partition coefficient (Wildman–Crippen LogP) is 3.60. The second-order valence-electron chi connectivity index (χ2n) is 7.09. The first-order chi connectivity index (χ1) is 13.2. The van der Waals surface area contributed by atoms with Crippen LogP contribution in [0.1, 0.15) is 46.7 Å². The van der Waals surface area contributed by atoms with Crippen LogP contribution in [0.3, 0.4) is 0 Å². The van der Waals surface area contributed by atoms with Gasteiger partial charge in [-0.25, -0.2) is 4.79 Å².